The van der Waals surface area contributed by atoms with E-state index in [1.807, 2.05) is 12.1 Å². The first kappa shape index (κ1) is 18.6. The molecule has 1 amide bonds. The van der Waals surface area contributed by atoms with E-state index in [0.29, 0.717) is 23.4 Å². The number of rotatable bonds is 5. The summed E-state index contributed by atoms with van der Waals surface area (Å²) in [6.07, 6.45) is 9.49. The average Bonchev–Trinajstić information content (AvgIpc) is 2.90. The van der Waals surface area contributed by atoms with E-state index in [-0.39, 0.29) is 24.1 Å². The first-order valence-corrected chi connectivity index (χ1v) is 9.64. The van der Waals surface area contributed by atoms with Gasteiger partial charge in [0.2, 0.25) is 5.91 Å². The largest absolute Gasteiger partial charge is 0.394 e. The number of aromatic nitrogens is 1. The van der Waals surface area contributed by atoms with Gasteiger partial charge in [-0.15, -0.1) is 0 Å². The monoisotopic (exact) mass is 356 g/mol. The van der Waals surface area contributed by atoms with Crippen molar-refractivity contribution in [3.8, 4) is 0 Å². The van der Waals surface area contributed by atoms with E-state index in [0.717, 1.165) is 18.2 Å². The van der Waals surface area contributed by atoms with Crippen LogP contribution in [0.25, 0.3) is 10.8 Å². The van der Waals surface area contributed by atoms with Gasteiger partial charge in [-0.05, 0) is 43.9 Å². The molecule has 1 aromatic carbocycles. The number of carbonyl (C=O) groups is 1. The number of nitrogens with one attached hydrogen (secondary N) is 1. The lowest BCUT2D eigenvalue weighted by Gasteiger charge is -2.16. The van der Waals surface area contributed by atoms with Crippen molar-refractivity contribution >= 4 is 22.4 Å². The van der Waals surface area contributed by atoms with Crippen LogP contribution in [0.3, 0.4) is 0 Å². The Labute approximate surface area is 154 Å². The zero-order chi connectivity index (χ0) is 18.5. The van der Waals surface area contributed by atoms with Crippen LogP contribution in [0.15, 0.2) is 35.3 Å². The van der Waals surface area contributed by atoms with Gasteiger partial charge in [-0.25, -0.2) is 0 Å². The molecular weight excluding hydrogens is 328 g/mol. The fourth-order valence-corrected chi connectivity index (χ4v) is 3.87. The van der Waals surface area contributed by atoms with E-state index in [4.69, 9.17) is 0 Å². The highest BCUT2D eigenvalue weighted by molar-refractivity contribution is 6.01. The van der Waals surface area contributed by atoms with Gasteiger partial charge in [0.15, 0.2) is 0 Å². The first-order chi connectivity index (χ1) is 12.6. The Morgan fingerprint density at radius 2 is 1.92 bits per heavy atom. The van der Waals surface area contributed by atoms with Crippen LogP contribution in [0.2, 0.25) is 0 Å². The highest BCUT2D eigenvalue weighted by atomic mass is 16.3. The lowest BCUT2D eigenvalue weighted by molar-refractivity contribution is -0.117. The van der Waals surface area contributed by atoms with Crippen molar-refractivity contribution in [3.63, 3.8) is 0 Å². The topological polar surface area (TPSA) is 71.3 Å². The molecule has 140 valence electrons. The molecule has 0 saturated heterocycles. The number of pyridine rings is 1. The predicted molar refractivity (Wildman–Crippen MR) is 104 cm³/mol. The van der Waals surface area contributed by atoms with Gasteiger partial charge in [-0.3, -0.25) is 9.59 Å². The number of amides is 1. The minimum atomic E-state index is -0.277. The Morgan fingerprint density at radius 3 is 2.62 bits per heavy atom. The van der Waals surface area contributed by atoms with Crippen LogP contribution in [-0.2, 0) is 4.79 Å². The molecule has 0 radical (unpaired) electrons. The number of benzene rings is 1. The van der Waals surface area contributed by atoms with E-state index < -0.39 is 0 Å². The molecule has 1 heterocycles. The summed E-state index contributed by atoms with van der Waals surface area (Å²) in [7, 11) is 0. The first-order valence-electron chi connectivity index (χ1n) is 9.64. The summed E-state index contributed by atoms with van der Waals surface area (Å²) in [5.41, 5.74) is 0.533. The number of fused-ring (bicyclic) bond motifs is 1. The van der Waals surface area contributed by atoms with Crippen LogP contribution in [0, 0.1) is 5.92 Å². The summed E-state index contributed by atoms with van der Waals surface area (Å²) in [4.78, 5) is 25.2. The van der Waals surface area contributed by atoms with Crippen molar-refractivity contribution in [2.24, 2.45) is 5.92 Å². The van der Waals surface area contributed by atoms with Gasteiger partial charge in [0.05, 0.1) is 12.6 Å². The van der Waals surface area contributed by atoms with Gasteiger partial charge in [-0.1, -0.05) is 31.7 Å². The van der Waals surface area contributed by atoms with E-state index in [1.54, 1.807) is 25.3 Å². The molecule has 1 fully saturated rings. The number of carbonyl (C=O) groups excluding carboxylic acids is 1. The maximum absolute atomic E-state index is 12.7. The van der Waals surface area contributed by atoms with Crippen molar-refractivity contribution < 1.29 is 9.90 Å². The van der Waals surface area contributed by atoms with Crippen molar-refractivity contribution in [1.82, 2.24) is 4.57 Å². The minimum Gasteiger partial charge on any atom is -0.394 e. The maximum atomic E-state index is 12.7. The lowest BCUT2D eigenvalue weighted by Crippen LogP contribution is -2.25. The molecule has 3 rings (SSSR count). The Morgan fingerprint density at radius 1 is 1.19 bits per heavy atom. The summed E-state index contributed by atoms with van der Waals surface area (Å²) in [6.45, 7) is 1.70. The second kappa shape index (κ2) is 8.49. The summed E-state index contributed by atoms with van der Waals surface area (Å²) in [6, 6.07) is 6.95. The van der Waals surface area contributed by atoms with Crippen molar-refractivity contribution in [2.45, 2.75) is 57.9 Å². The highest BCUT2D eigenvalue weighted by Gasteiger charge is 2.17. The molecular formula is C21H28N2O3. The van der Waals surface area contributed by atoms with E-state index in [1.165, 1.54) is 30.3 Å². The van der Waals surface area contributed by atoms with Crippen LogP contribution < -0.4 is 10.9 Å². The van der Waals surface area contributed by atoms with E-state index >= 15 is 0 Å². The summed E-state index contributed by atoms with van der Waals surface area (Å²) in [5, 5.41) is 13.6. The fourth-order valence-electron chi connectivity index (χ4n) is 3.87. The van der Waals surface area contributed by atoms with E-state index in [2.05, 4.69) is 5.32 Å². The van der Waals surface area contributed by atoms with Crippen molar-refractivity contribution in [3.05, 3.63) is 40.8 Å². The van der Waals surface area contributed by atoms with Crippen LogP contribution in [-0.4, -0.2) is 22.2 Å². The van der Waals surface area contributed by atoms with Gasteiger partial charge in [-0.2, -0.15) is 0 Å². The molecule has 5 heteroatoms. The second-order valence-corrected chi connectivity index (χ2v) is 7.44. The molecule has 0 unspecified atom stereocenters. The average molecular weight is 356 g/mol. The Bertz CT molecular complexity index is 820. The molecule has 2 aromatic rings. The Balaban J connectivity index is 1.80. The second-order valence-electron chi connectivity index (χ2n) is 7.44. The number of aliphatic hydroxyl groups is 1. The van der Waals surface area contributed by atoms with Gasteiger partial charge in [0.1, 0.15) is 0 Å². The van der Waals surface area contributed by atoms with Crippen LogP contribution >= 0.6 is 0 Å². The van der Waals surface area contributed by atoms with E-state index in [9.17, 15) is 14.7 Å². The maximum Gasteiger partial charge on any atom is 0.258 e. The molecule has 1 saturated carbocycles. The highest BCUT2D eigenvalue weighted by Crippen LogP contribution is 2.27. The minimum absolute atomic E-state index is 0.0253. The summed E-state index contributed by atoms with van der Waals surface area (Å²) < 4.78 is 1.53. The van der Waals surface area contributed by atoms with Crippen molar-refractivity contribution in [1.29, 1.82) is 0 Å². The molecule has 0 spiro atoms. The normalized spacial score (nSPS) is 17.0. The quantitative estimate of drug-likeness (QED) is 0.799. The van der Waals surface area contributed by atoms with Gasteiger partial charge < -0.3 is 15.0 Å². The van der Waals surface area contributed by atoms with Gasteiger partial charge in [0.25, 0.3) is 5.56 Å². The van der Waals surface area contributed by atoms with Crippen LogP contribution in [0.4, 0.5) is 5.69 Å². The van der Waals surface area contributed by atoms with Gasteiger partial charge in [0, 0.05) is 29.1 Å². The molecule has 0 bridgehead atoms. The zero-order valence-electron chi connectivity index (χ0n) is 15.4. The molecule has 26 heavy (non-hydrogen) atoms. The third kappa shape index (κ3) is 4.15. The Hall–Kier alpha value is -2.14. The molecule has 1 aromatic heterocycles. The smallest absolute Gasteiger partial charge is 0.258 e. The third-order valence-corrected chi connectivity index (χ3v) is 5.43. The lowest BCUT2D eigenvalue weighted by atomic mass is 9.96. The molecule has 2 N–H and O–H groups in total. The molecule has 5 nitrogen and oxygen atoms in total. The van der Waals surface area contributed by atoms with Crippen LogP contribution in [0.5, 0.6) is 0 Å². The van der Waals surface area contributed by atoms with Crippen molar-refractivity contribution in [2.75, 3.05) is 11.9 Å². The molecule has 1 aliphatic carbocycles. The predicted octanol–water partition coefficient (Wildman–Crippen LogP) is 3.85. The number of hydrogen-bond acceptors (Lipinski definition) is 3. The molecule has 0 aliphatic heterocycles. The zero-order valence-corrected chi connectivity index (χ0v) is 15.4. The number of hydrogen-bond donors (Lipinski definition) is 2. The molecule has 1 atom stereocenters. The Kier molecular flexibility index (Phi) is 6.09. The summed E-state index contributed by atoms with van der Waals surface area (Å²) in [5.74, 6) is 0.493. The summed E-state index contributed by atoms with van der Waals surface area (Å²) >= 11 is 0. The fraction of sp³-hybridized carbons (Fsp3) is 0.524. The standard InChI is InChI=1S/C21H28N2O3/c1-15(14-24)23-12-11-17-18(21(23)26)9-6-10-19(17)22-20(25)13-16-7-4-2-3-5-8-16/h6,9-12,15-16,24H,2-5,7-8,13-14H2,1H3,(H,22,25)/t15-/m1/s1. The van der Waals surface area contributed by atoms with Crippen LogP contribution in [0.1, 0.15) is 57.9 Å². The van der Waals surface area contributed by atoms with Gasteiger partial charge >= 0.3 is 0 Å². The number of aliphatic hydroxyl groups excluding tert-OH is 1. The third-order valence-electron chi connectivity index (χ3n) is 5.43. The SMILES string of the molecule is C[C@H](CO)n1ccc2c(NC(=O)CC3CCCCCC3)cccc2c1=O. The number of nitrogens with zero attached hydrogens (tertiary/aromatic N) is 1. The molecule has 1 aliphatic rings. The number of anilines is 1.